The van der Waals surface area contributed by atoms with Crippen LogP contribution in [-0.2, 0) is 0 Å². The normalized spacial score (nSPS) is 11.8. The molecule has 0 aliphatic carbocycles. The van der Waals surface area contributed by atoms with E-state index in [-0.39, 0.29) is 0 Å². The van der Waals surface area contributed by atoms with E-state index >= 15 is 0 Å². The number of aromatic nitrogens is 1. The molecule has 4 heteroatoms. The smallest absolute Gasteiger partial charge is 0.159 e. The molecule has 9 aromatic carbocycles. The molecule has 0 bridgehead atoms. The first-order valence-corrected chi connectivity index (χ1v) is 19.7. The van der Waals surface area contributed by atoms with E-state index in [4.69, 9.17) is 8.83 Å². The number of benzene rings is 9. The summed E-state index contributed by atoms with van der Waals surface area (Å²) >= 11 is 0. The number of para-hydroxylation sites is 6. The van der Waals surface area contributed by atoms with Gasteiger partial charge in [-0.3, -0.25) is 0 Å². The monoisotopic (exact) mass is 742 g/mol. The first-order valence-electron chi connectivity index (χ1n) is 19.7. The summed E-state index contributed by atoms with van der Waals surface area (Å²) in [6.45, 7) is 0. The van der Waals surface area contributed by atoms with E-state index in [2.05, 4.69) is 191 Å². The molecule has 0 atom stereocenters. The van der Waals surface area contributed by atoms with E-state index in [1.54, 1.807) is 0 Å². The van der Waals surface area contributed by atoms with Crippen LogP contribution < -0.4 is 4.90 Å². The third-order valence-electron chi connectivity index (χ3n) is 11.6. The lowest BCUT2D eigenvalue weighted by atomic mass is 9.98. The maximum atomic E-state index is 6.67. The van der Waals surface area contributed by atoms with Gasteiger partial charge in [-0.25, -0.2) is 0 Å². The first-order chi connectivity index (χ1) is 28.8. The van der Waals surface area contributed by atoms with Crippen molar-refractivity contribution in [3.8, 4) is 27.9 Å². The van der Waals surface area contributed by atoms with Gasteiger partial charge in [-0.05, 0) is 77.4 Å². The zero-order valence-electron chi connectivity index (χ0n) is 31.3. The summed E-state index contributed by atoms with van der Waals surface area (Å²) in [5, 5.41) is 6.90. The summed E-state index contributed by atoms with van der Waals surface area (Å²) in [4.78, 5) is 2.33. The van der Waals surface area contributed by atoms with Gasteiger partial charge in [0.05, 0.1) is 16.7 Å². The molecule has 12 rings (SSSR count). The Balaban J connectivity index is 0.989. The van der Waals surface area contributed by atoms with Crippen LogP contribution in [0.2, 0.25) is 0 Å². The molecule has 272 valence electrons. The van der Waals surface area contributed by atoms with Crippen molar-refractivity contribution >= 4 is 82.7 Å². The highest BCUT2D eigenvalue weighted by atomic mass is 16.3. The van der Waals surface area contributed by atoms with Crippen molar-refractivity contribution in [2.45, 2.75) is 0 Å². The molecule has 3 aromatic heterocycles. The number of rotatable bonds is 6. The Morgan fingerprint density at radius 2 is 0.879 bits per heavy atom. The van der Waals surface area contributed by atoms with Crippen LogP contribution in [0.4, 0.5) is 17.1 Å². The Bertz CT molecular complexity index is 3500. The summed E-state index contributed by atoms with van der Waals surface area (Å²) in [5.41, 5.74) is 14.6. The standard InChI is InChI=1S/C54H34N2O2/c1-2-12-38(13-3-1)56-48-20-7-4-14-42(48)43-33-32-40(34-50(43)56)55(49-21-11-19-47-45-16-6-9-23-52(45)58-54(47)49)39-30-28-36(29-31-39)35-24-26-37(27-25-35)41-17-10-18-46-44-15-5-8-22-51(44)57-53(41)46/h1-34H. The van der Waals surface area contributed by atoms with Crippen LogP contribution in [0, 0.1) is 0 Å². The second-order valence-electron chi connectivity index (χ2n) is 14.9. The third kappa shape index (κ3) is 5.02. The van der Waals surface area contributed by atoms with Crippen LogP contribution in [0.5, 0.6) is 0 Å². The predicted octanol–water partition coefficient (Wildman–Crippen LogP) is 15.4. The molecule has 0 spiro atoms. The minimum Gasteiger partial charge on any atom is -0.455 e. The van der Waals surface area contributed by atoms with Crippen molar-refractivity contribution in [1.82, 2.24) is 4.57 Å². The summed E-state index contributed by atoms with van der Waals surface area (Å²) in [6.07, 6.45) is 0. The van der Waals surface area contributed by atoms with Gasteiger partial charge in [0.2, 0.25) is 0 Å². The van der Waals surface area contributed by atoms with Crippen LogP contribution >= 0.6 is 0 Å². The van der Waals surface area contributed by atoms with E-state index < -0.39 is 0 Å². The molecule has 0 aliphatic rings. The summed E-state index contributed by atoms with van der Waals surface area (Å²) in [7, 11) is 0. The van der Waals surface area contributed by atoms with Crippen molar-refractivity contribution < 1.29 is 8.83 Å². The average molecular weight is 743 g/mol. The van der Waals surface area contributed by atoms with E-state index in [0.29, 0.717) is 0 Å². The largest absolute Gasteiger partial charge is 0.455 e. The highest BCUT2D eigenvalue weighted by molar-refractivity contribution is 6.13. The number of hydrogen-bond acceptors (Lipinski definition) is 3. The van der Waals surface area contributed by atoms with Crippen LogP contribution in [0.3, 0.4) is 0 Å². The fourth-order valence-corrected chi connectivity index (χ4v) is 8.91. The molecule has 0 radical (unpaired) electrons. The second kappa shape index (κ2) is 12.9. The molecule has 0 N–H and O–H groups in total. The maximum Gasteiger partial charge on any atom is 0.159 e. The van der Waals surface area contributed by atoms with Crippen LogP contribution in [0.25, 0.3) is 93.6 Å². The van der Waals surface area contributed by atoms with Crippen LogP contribution in [0.15, 0.2) is 215 Å². The maximum absolute atomic E-state index is 6.67. The molecule has 0 unspecified atom stereocenters. The van der Waals surface area contributed by atoms with Crippen molar-refractivity contribution in [1.29, 1.82) is 0 Å². The lowest BCUT2D eigenvalue weighted by Crippen LogP contribution is -2.10. The minimum absolute atomic E-state index is 0.853. The fraction of sp³-hybridized carbons (Fsp3) is 0. The van der Waals surface area contributed by atoms with Crippen molar-refractivity contribution in [2.75, 3.05) is 4.90 Å². The zero-order valence-corrected chi connectivity index (χ0v) is 31.3. The van der Waals surface area contributed by atoms with E-state index in [0.717, 1.165) is 94.4 Å². The molecule has 58 heavy (non-hydrogen) atoms. The number of hydrogen-bond donors (Lipinski definition) is 0. The molecule has 0 saturated heterocycles. The summed E-state index contributed by atoms with van der Waals surface area (Å²) in [5.74, 6) is 0. The van der Waals surface area contributed by atoms with Crippen LogP contribution in [0.1, 0.15) is 0 Å². The third-order valence-corrected chi connectivity index (χ3v) is 11.6. The molecule has 12 aromatic rings. The molecule has 0 amide bonds. The number of furan rings is 2. The van der Waals surface area contributed by atoms with E-state index in [9.17, 15) is 0 Å². The van der Waals surface area contributed by atoms with Gasteiger partial charge in [-0.15, -0.1) is 0 Å². The number of fused-ring (bicyclic) bond motifs is 9. The Hall–Kier alpha value is -7.82. The Labute approximate surface area is 334 Å². The van der Waals surface area contributed by atoms with Gasteiger partial charge in [0, 0.05) is 54.9 Å². The molecular formula is C54H34N2O2. The van der Waals surface area contributed by atoms with Gasteiger partial charge in [0.25, 0.3) is 0 Å². The molecule has 0 aliphatic heterocycles. The molecule has 0 fully saturated rings. The Morgan fingerprint density at radius 3 is 1.62 bits per heavy atom. The molecule has 4 nitrogen and oxygen atoms in total. The lowest BCUT2D eigenvalue weighted by molar-refractivity contribution is 0.669. The molecular weight excluding hydrogens is 709 g/mol. The summed E-state index contributed by atoms with van der Waals surface area (Å²) in [6, 6.07) is 73.1. The fourth-order valence-electron chi connectivity index (χ4n) is 8.91. The van der Waals surface area contributed by atoms with Gasteiger partial charge < -0.3 is 18.3 Å². The highest BCUT2D eigenvalue weighted by Gasteiger charge is 2.22. The van der Waals surface area contributed by atoms with Crippen molar-refractivity contribution in [3.05, 3.63) is 206 Å². The molecule has 0 saturated carbocycles. The zero-order chi connectivity index (χ0) is 38.2. The second-order valence-corrected chi connectivity index (χ2v) is 14.9. The number of nitrogens with zero attached hydrogens (tertiary/aromatic N) is 2. The quantitative estimate of drug-likeness (QED) is 0.170. The van der Waals surface area contributed by atoms with E-state index in [1.807, 2.05) is 24.3 Å². The van der Waals surface area contributed by atoms with E-state index in [1.165, 1.54) is 16.3 Å². The van der Waals surface area contributed by atoms with Gasteiger partial charge in [-0.2, -0.15) is 0 Å². The van der Waals surface area contributed by atoms with Crippen LogP contribution in [-0.4, -0.2) is 4.57 Å². The lowest BCUT2D eigenvalue weighted by Gasteiger charge is -2.26. The van der Waals surface area contributed by atoms with Gasteiger partial charge in [-0.1, -0.05) is 146 Å². The first kappa shape index (κ1) is 32.4. The predicted molar refractivity (Wildman–Crippen MR) is 241 cm³/mol. The van der Waals surface area contributed by atoms with Crippen molar-refractivity contribution in [3.63, 3.8) is 0 Å². The van der Waals surface area contributed by atoms with Crippen molar-refractivity contribution in [2.24, 2.45) is 0 Å². The minimum atomic E-state index is 0.853. The van der Waals surface area contributed by atoms with Gasteiger partial charge >= 0.3 is 0 Å². The average Bonchev–Trinajstić information content (AvgIpc) is 3.97. The Kier molecular flexibility index (Phi) is 7.20. The number of anilines is 3. The Morgan fingerprint density at radius 1 is 0.345 bits per heavy atom. The van der Waals surface area contributed by atoms with Gasteiger partial charge in [0.1, 0.15) is 16.7 Å². The highest BCUT2D eigenvalue weighted by Crippen LogP contribution is 2.44. The SMILES string of the molecule is c1ccc(-n2c3ccccc3c3ccc(N(c4ccc(-c5ccc(-c6cccc7c6oc6ccccc67)cc5)cc4)c4cccc5c4oc4ccccc45)cc32)cc1. The van der Waals surface area contributed by atoms with Gasteiger partial charge in [0.15, 0.2) is 5.58 Å². The molecule has 3 heterocycles. The summed E-state index contributed by atoms with van der Waals surface area (Å²) < 4.78 is 15.4. The topological polar surface area (TPSA) is 34.5 Å².